The Bertz CT molecular complexity index is 1170. The molecule has 0 spiro atoms. The van der Waals surface area contributed by atoms with Crippen molar-refractivity contribution in [1.29, 1.82) is 0 Å². The van der Waals surface area contributed by atoms with E-state index in [4.69, 9.17) is 9.47 Å². The van der Waals surface area contributed by atoms with Gasteiger partial charge in [0.05, 0.1) is 37.6 Å². The van der Waals surface area contributed by atoms with Gasteiger partial charge in [0, 0.05) is 26.2 Å². The molecule has 0 aliphatic carbocycles. The quantitative estimate of drug-likeness (QED) is 0.386. The lowest BCUT2D eigenvalue weighted by atomic mass is 9.90. The number of imide groups is 1. The van der Waals surface area contributed by atoms with Gasteiger partial charge in [0.25, 0.3) is 5.91 Å². The van der Waals surface area contributed by atoms with Gasteiger partial charge in [0.2, 0.25) is 0 Å². The van der Waals surface area contributed by atoms with E-state index >= 15 is 0 Å². The van der Waals surface area contributed by atoms with Crippen LogP contribution in [-0.2, 0) is 38.8 Å². The minimum Gasteiger partial charge on any atom is -0.379 e. The second-order valence-electron chi connectivity index (χ2n) is 9.16. The first-order chi connectivity index (χ1) is 18.3. The number of amides is 3. The van der Waals surface area contributed by atoms with Crippen molar-refractivity contribution >= 4 is 11.9 Å². The van der Waals surface area contributed by atoms with E-state index in [-0.39, 0.29) is 18.2 Å². The van der Waals surface area contributed by atoms with Crippen LogP contribution in [0.1, 0.15) is 22.3 Å². The monoisotopic (exact) mass is 563 g/mol. The maximum absolute atomic E-state index is 13.6. The van der Waals surface area contributed by atoms with Crippen LogP contribution >= 0.6 is 0 Å². The smallest absolute Gasteiger partial charge is 0.379 e. The zero-order chi connectivity index (χ0) is 28.4. The highest BCUT2D eigenvalue weighted by Gasteiger charge is 2.52. The van der Waals surface area contributed by atoms with Crippen molar-refractivity contribution in [2.75, 3.05) is 46.0 Å². The fourth-order valence-electron chi connectivity index (χ4n) is 4.43. The van der Waals surface area contributed by atoms with Crippen LogP contribution in [0.25, 0.3) is 0 Å². The average Bonchev–Trinajstić information content (AvgIpc) is 3.12. The summed E-state index contributed by atoms with van der Waals surface area (Å²) < 4.78 is 104. The molecule has 3 amide bonds. The topological polar surface area (TPSA) is 71.1 Å². The zero-order valence-electron chi connectivity index (χ0n) is 20.4. The van der Waals surface area contributed by atoms with Crippen LogP contribution in [0.4, 0.5) is 35.5 Å². The molecule has 1 N–H and O–H groups in total. The zero-order valence-corrected chi connectivity index (χ0v) is 20.4. The van der Waals surface area contributed by atoms with Crippen LogP contribution in [-0.4, -0.2) is 67.7 Å². The van der Waals surface area contributed by atoms with Crippen molar-refractivity contribution in [1.82, 2.24) is 15.1 Å². The van der Waals surface area contributed by atoms with E-state index in [0.717, 1.165) is 17.0 Å². The van der Waals surface area contributed by atoms with E-state index in [1.54, 1.807) is 0 Å². The van der Waals surface area contributed by atoms with Gasteiger partial charge >= 0.3 is 18.4 Å². The van der Waals surface area contributed by atoms with E-state index in [0.29, 0.717) is 45.0 Å². The lowest BCUT2D eigenvalue weighted by Gasteiger charge is -2.29. The molecule has 0 radical (unpaired) electrons. The van der Waals surface area contributed by atoms with E-state index in [2.05, 4.69) is 5.32 Å². The maximum Gasteiger partial charge on any atom is 0.416 e. The van der Waals surface area contributed by atoms with Crippen LogP contribution in [0, 0.1) is 5.82 Å². The first-order valence-corrected chi connectivity index (χ1v) is 11.9. The molecule has 4 rings (SSSR count). The van der Waals surface area contributed by atoms with Gasteiger partial charge in [0.15, 0.2) is 5.54 Å². The van der Waals surface area contributed by atoms with Crippen molar-refractivity contribution in [3.63, 3.8) is 0 Å². The third-order valence-electron chi connectivity index (χ3n) is 6.49. The molecule has 1 unspecified atom stereocenters. The number of nitrogens with zero attached hydrogens (tertiary/aromatic N) is 2. The second-order valence-corrected chi connectivity index (χ2v) is 9.16. The van der Waals surface area contributed by atoms with Crippen molar-refractivity contribution in [2.45, 2.75) is 24.5 Å². The summed E-state index contributed by atoms with van der Waals surface area (Å²) in [7, 11) is 0. The molecule has 0 saturated carbocycles. The summed E-state index contributed by atoms with van der Waals surface area (Å²) >= 11 is 0. The number of carbonyl (C=O) groups is 2. The molecule has 0 bridgehead atoms. The van der Waals surface area contributed by atoms with Crippen molar-refractivity contribution in [3.05, 3.63) is 70.5 Å². The molecular weight excluding hydrogens is 539 g/mol. The number of hydrogen-bond donors (Lipinski definition) is 1. The molecule has 0 aromatic heterocycles. The van der Waals surface area contributed by atoms with E-state index in [1.807, 2.05) is 4.90 Å². The summed E-state index contributed by atoms with van der Waals surface area (Å²) in [5.74, 6) is -1.37. The summed E-state index contributed by atoms with van der Waals surface area (Å²) in [6.45, 7) is 1.21. The van der Waals surface area contributed by atoms with Gasteiger partial charge < -0.3 is 14.8 Å². The number of halogens is 7. The molecule has 212 valence electrons. The summed E-state index contributed by atoms with van der Waals surface area (Å²) in [6, 6.07) is 4.86. The van der Waals surface area contributed by atoms with Crippen molar-refractivity contribution in [2.24, 2.45) is 0 Å². The van der Waals surface area contributed by atoms with Crippen LogP contribution in [0.2, 0.25) is 0 Å². The highest BCUT2D eigenvalue weighted by molar-refractivity contribution is 6.07. The third kappa shape index (κ3) is 6.50. The number of rotatable bonds is 8. The Kier molecular flexibility index (Phi) is 8.19. The van der Waals surface area contributed by atoms with Gasteiger partial charge in [-0.05, 0) is 41.5 Å². The highest BCUT2D eigenvalue weighted by atomic mass is 19.4. The van der Waals surface area contributed by atoms with E-state index in [1.165, 1.54) is 12.1 Å². The minimum atomic E-state index is -5.04. The number of nitrogens with one attached hydrogen (secondary N) is 1. The number of ether oxygens (including phenoxy) is 2. The standard InChI is InChI=1S/C25H24F7N3O4/c26-20-3-1-17(2-4-20)23(21(36)35(22(37)33-23)6-5-34-7-9-38-10-8-34)15-39-14-16-11-18(24(27,28)29)13-19(12-16)25(30,31)32/h1-4,11-13H,5-10,14-15H2,(H,33,37). The predicted octanol–water partition coefficient (Wildman–Crippen LogP) is 4.16. The Labute approximate surface area is 218 Å². The molecule has 2 aliphatic heterocycles. The molecule has 2 saturated heterocycles. The Morgan fingerprint density at radius 2 is 1.49 bits per heavy atom. The maximum atomic E-state index is 13.6. The Balaban J connectivity index is 1.56. The molecular formula is C25H24F7N3O4. The third-order valence-corrected chi connectivity index (χ3v) is 6.49. The van der Waals surface area contributed by atoms with Crippen LogP contribution in [0.3, 0.4) is 0 Å². The fraction of sp³-hybridized carbons (Fsp3) is 0.440. The first-order valence-electron chi connectivity index (χ1n) is 11.9. The van der Waals surface area contributed by atoms with Crippen LogP contribution < -0.4 is 5.32 Å². The van der Waals surface area contributed by atoms with Gasteiger partial charge in [-0.2, -0.15) is 26.3 Å². The van der Waals surface area contributed by atoms with Gasteiger partial charge in [-0.3, -0.25) is 14.6 Å². The summed E-state index contributed by atoms with van der Waals surface area (Å²) in [5, 5.41) is 2.54. The summed E-state index contributed by atoms with van der Waals surface area (Å²) in [6.07, 6.45) is -10.1. The summed E-state index contributed by atoms with van der Waals surface area (Å²) in [4.78, 5) is 29.3. The van der Waals surface area contributed by atoms with E-state index < -0.39 is 65.6 Å². The highest BCUT2D eigenvalue weighted by Crippen LogP contribution is 2.37. The van der Waals surface area contributed by atoms with E-state index in [9.17, 15) is 40.3 Å². The Hall–Kier alpha value is -3.23. The lowest BCUT2D eigenvalue weighted by molar-refractivity contribution is -0.143. The number of carbonyl (C=O) groups excluding carboxylic acids is 2. The van der Waals surface area contributed by atoms with Gasteiger partial charge in [-0.1, -0.05) is 12.1 Å². The number of morpholine rings is 1. The fourth-order valence-corrected chi connectivity index (χ4v) is 4.43. The van der Waals surface area contributed by atoms with Gasteiger partial charge in [-0.15, -0.1) is 0 Å². The minimum absolute atomic E-state index is 0.00341. The molecule has 2 aromatic carbocycles. The molecule has 39 heavy (non-hydrogen) atoms. The molecule has 2 fully saturated rings. The SMILES string of the molecule is O=C1NC(COCc2cc(C(F)(F)F)cc(C(F)(F)F)c2)(c2ccc(F)cc2)C(=O)N1CCN1CCOCC1. The number of urea groups is 1. The normalized spacial score (nSPS) is 20.9. The van der Waals surface area contributed by atoms with Crippen molar-refractivity contribution < 1.29 is 49.8 Å². The number of benzene rings is 2. The molecule has 2 heterocycles. The largest absolute Gasteiger partial charge is 0.416 e. The Morgan fingerprint density at radius 1 is 0.897 bits per heavy atom. The molecule has 1 atom stereocenters. The van der Waals surface area contributed by atoms with Crippen LogP contribution in [0.15, 0.2) is 42.5 Å². The van der Waals surface area contributed by atoms with Crippen LogP contribution in [0.5, 0.6) is 0 Å². The number of hydrogen-bond acceptors (Lipinski definition) is 5. The van der Waals surface area contributed by atoms with Crippen molar-refractivity contribution in [3.8, 4) is 0 Å². The van der Waals surface area contributed by atoms with Gasteiger partial charge in [0.1, 0.15) is 5.82 Å². The number of alkyl halides is 6. The average molecular weight is 563 g/mol. The molecule has 14 heteroatoms. The molecule has 7 nitrogen and oxygen atoms in total. The first kappa shape index (κ1) is 28.8. The molecule has 2 aliphatic rings. The Morgan fingerprint density at radius 3 is 2.05 bits per heavy atom. The van der Waals surface area contributed by atoms with Gasteiger partial charge in [-0.25, -0.2) is 9.18 Å². The summed E-state index contributed by atoms with van der Waals surface area (Å²) in [5.41, 5.74) is -5.19. The predicted molar refractivity (Wildman–Crippen MR) is 122 cm³/mol. The molecule has 2 aromatic rings. The lowest BCUT2D eigenvalue weighted by Crippen LogP contribution is -2.48. The second kappa shape index (κ2) is 11.1.